The molecule has 0 aliphatic carbocycles. The first-order chi connectivity index (χ1) is 7.83. The van der Waals surface area contributed by atoms with Gasteiger partial charge in [0.2, 0.25) is 0 Å². The van der Waals surface area contributed by atoms with Crippen molar-refractivity contribution < 1.29 is 13.2 Å². The molecular weight excluding hydrogens is 285 g/mol. The summed E-state index contributed by atoms with van der Waals surface area (Å²) in [4.78, 5) is 11.7. The zero-order valence-electron chi connectivity index (χ0n) is 8.65. The minimum Gasteiger partial charge on any atom is -0.268 e. The zero-order chi connectivity index (χ0) is 12.8. The van der Waals surface area contributed by atoms with Gasteiger partial charge in [-0.05, 0) is 25.1 Å². The van der Waals surface area contributed by atoms with Gasteiger partial charge in [0, 0.05) is 5.57 Å². The van der Waals surface area contributed by atoms with Gasteiger partial charge in [0.05, 0.1) is 21.1 Å². The molecule has 0 unspecified atom stereocenters. The molecule has 90 valence electrons. The van der Waals surface area contributed by atoms with Crippen molar-refractivity contribution in [3.05, 3.63) is 39.2 Å². The minimum atomic E-state index is -3.75. The highest BCUT2D eigenvalue weighted by Gasteiger charge is 2.35. The lowest BCUT2D eigenvalue weighted by Gasteiger charge is -2.15. The van der Waals surface area contributed by atoms with Crippen molar-refractivity contribution in [1.82, 2.24) is 0 Å². The standard InChI is InChI=1S/C10H7Cl2NO3S/c1-6-5-17(15,16)13(10(6)14)7-2-3-8(11)9(12)4-7/h2-5H,1H3. The molecule has 1 aliphatic heterocycles. The van der Waals surface area contributed by atoms with Crippen molar-refractivity contribution in [2.75, 3.05) is 4.31 Å². The molecule has 1 aliphatic rings. The molecule has 1 amide bonds. The summed E-state index contributed by atoms with van der Waals surface area (Å²) in [6.07, 6.45) is 0. The van der Waals surface area contributed by atoms with E-state index in [0.29, 0.717) is 9.33 Å². The number of carbonyl (C=O) groups is 1. The molecule has 0 atom stereocenters. The lowest BCUT2D eigenvalue weighted by molar-refractivity contribution is -0.113. The fraction of sp³-hybridized carbons (Fsp3) is 0.100. The number of sulfonamides is 1. The molecule has 1 aromatic rings. The van der Waals surface area contributed by atoms with Crippen LogP contribution in [-0.4, -0.2) is 14.3 Å². The molecule has 7 heteroatoms. The number of benzene rings is 1. The third kappa shape index (κ3) is 2.06. The van der Waals surface area contributed by atoms with Gasteiger partial charge in [0.15, 0.2) is 0 Å². The van der Waals surface area contributed by atoms with E-state index in [1.807, 2.05) is 0 Å². The van der Waals surface area contributed by atoms with E-state index in [-0.39, 0.29) is 16.3 Å². The van der Waals surface area contributed by atoms with Crippen LogP contribution in [-0.2, 0) is 14.8 Å². The van der Waals surface area contributed by atoms with Crippen molar-refractivity contribution in [3.8, 4) is 0 Å². The molecule has 17 heavy (non-hydrogen) atoms. The summed E-state index contributed by atoms with van der Waals surface area (Å²) in [7, 11) is -3.75. The molecule has 0 N–H and O–H groups in total. The average Bonchev–Trinajstić information content (AvgIpc) is 2.41. The molecule has 0 radical (unpaired) electrons. The highest BCUT2D eigenvalue weighted by atomic mass is 35.5. The van der Waals surface area contributed by atoms with Crippen molar-refractivity contribution in [2.24, 2.45) is 0 Å². The third-order valence-electron chi connectivity index (χ3n) is 2.24. The van der Waals surface area contributed by atoms with Gasteiger partial charge in [0.25, 0.3) is 15.9 Å². The predicted octanol–water partition coefficient (Wildman–Crippen LogP) is 2.57. The molecule has 0 fully saturated rings. The molecule has 4 nitrogen and oxygen atoms in total. The van der Waals surface area contributed by atoms with E-state index in [2.05, 4.69) is 0 Å². The fourth-order valence-electron chi connectivity index (χ4n) is 1.48. The average molecular weight is 292 g/mol. The zero-order valence-corrected chi connectivity index (χ0v) is 11.0. The van der Waals surface area contributed by atoms with Gasteiger partial charge in [-0.3, -0.25) is 4.79 Å². The van der Waals surface area contributed by atoms with E-state index in [4.69, 9.17) is 23.2 Å². The number of rotatable bonds is 1. The second-order valence-corrected chi connectivity index (χ2v) is 5.96. The summed E-state index contributed by atoms with van der Waals surface area (Å²) in [5.41, 5.74) is 0.341. The highest BCUT2D eigenvalue weighted by molar-refractivity contribution is 7.97. The van der Waals surface area contributed by atoms with Crippen LogP contribution in [0.2, 0.25) is 10.0 Å². The van der Waals surface area contributed by atoms with Gasteiger partial charge in [-0.15, -0.1) is 0 Å². The largest absolute Gasteiger partial charge is 0.268 e. The van der Waals surface area contributed by atoms with Crippen LogP contribution < -0.4 is 4.31 Å². The van der Waals surface area contributed by atoms with Crippen LogP contribution >= 0.6 is 23.2 Å². The maximum absolute atomic E-state index is 11.7. The lowest BCUT2D eigenvalue weighted by Crippen LogP contribution is -2.30. The SMILES string of the molecule is CC1=CS(=O)(=O)N(c2ccc(Cl)c(Cl)c2)C1=O. The quantitative estimate of drug-likeness (QED) is 0.799. The molecule has 1 heterocycles. The van der Waals surface area contributed by atoms with E-state index >= 15 is 0 Å². The van der Waals surface area contributed by atoms with Crippen LogP contribution in [0, 0.1) is 0 Å². The molecule has 1 aromatic carbocycles. The van der Waals surface area contributed by atoms with E-state index in [1.54, 1.807) is 0 Å². The number of anilines is 1. The number of nitrogens with zero attached hydrogens (tertiary/aromatic N) is 1. The van der Waals surface area contributed by atoms with E-state index in [1.165, 1.54) is 25.1 Å². The first-order valence-electron chi connectivity index (χ1n) is 4.56. The van der Waals surface area contributed by atoms with Gasteiger partial charge in [-0.25, -0.2) is 8.42 Å². The van der Waals surface area contributed by atoms with E-state index in [0.717, 1.165) is 5.41 Å². The first-order valence-corrected chi connectivity index (χ1v) is 6.82. The van der Waals surface area contributed by atoms with Gasteiger partial charge < -0.3 is 0 Å². The minimum absolute atomic E-state index is 0.163. The van der Waals surface area contributed by atoms with Crippen LogP contribution in [0.5, 0.6) is 0 Å². The highest BCUT2D eigenvalue weighted by Crippen LogP contribution is 2.32. The topological polar surface area (TPSA) is 54.5 Å². The van der Waals surface area contributed by atoms with E-state index in [9.17, 15) is 13.2 Å². The third-order valence-corrected chi connectivity index (χ3v) is 4.52. The molecule has 0 aromatic heterocycles. The Labute approximate surface area is 108 Å². The Hall–Kier alpha value is -1.04. The summed E-state index contributed by atoms with van der Waals surface area (Å²) in [6.45, 7) is 1.44. The van der Waals surface area contributed by atoms with Crippen molar-refractivity contribution in [1.29, 1.82) is 0 Å². The van der Waals surface area contributed by atoms with Crippen molar-refractivity contribution in [3.63, 3.8) is 0 Å². The number of amides is 1. The first kappa shape index (κ1) is 12.4. The number of carbonyl (C=O) groups excluding carboxylic acids is 1. The summed E-state index contributed by atoms with van der Waals surface area (Å²) in [5.74, 6) is -0.580. The molecule has 2 rings (SSSR count). The fourth-order valence-corrected chi connectivity index (χ4v) is 3.21. The van der Waals surface area contributed by atoms with Crippen LogP contribution in [0.3, 0.4) is 0 Å². The Kier molecular flexibility index (Phi) is 2.93. The van der Waals surface area contributed by atoms with Crippen LogP contribution in [0.15, 0.2) is 29.2 Å². The number of halogens is 2. The van der Waals surface area contributed by atoms with Crippen molar-refractivity contribution >= 4 is 44.8 Å². The second kappa shape index (κ2) is 4.01. The summed E-state index contributed by atoms with van der Waals surface area (Å²) >= 11 is 11.5. The van der Waals surface area contributed by atoms with Gasteiger partial charge in [-0.1, -0.05) is 23.2 Å². The Morgan fingerprint density at radius 1 is 1.18 bits per heavy atom. The Balaban J connectivity index is 2.56. The molecule has 0 spiro atoms. The smallest absolute Gasteiger partial charge is 0.268 e. The van der Waals surface area contributed by atoms with Crippen LogP contribution in [0.25, 0.3) is 0 Å². The van der Waals surface area contributed by atoms with Crippen LogP contribution in [0.4, 0.5) is 5.69 Å². The lowest BCUT2D eigenvalue weighted by atomic mass is 10.3. The molecule has 0 saturated heterocycles. The Morgan fingerprint density at radius 2 is 1.82 bits per heavy atom. The van der Waals surface area contributed by atoms with Gasteiger partial charge in [-0.2, -0.15) is 4.31 Å². The number of hydrogen-bond donors (Lipinski definition) is 0. The van der Waals surface area contributed by atoms with Crippen molar-refractivity contribution in [2.45, 2.75) is 6.92 Å². The summed E-state index contributed by atoms with van der Waals surface area (Å²) in [5, 5.41) is 1.42. The normalized spacial score (nSPS) is 18.4. The number of hydrogen-bond acceptors (Lipinski definition) is 3. The maximum Gasteiger partial charge on any atom is 0.268 e. The second-order valence-electron chi connectivity index (χ2n) is 3.51. The Morgan fingerprint density at radius 3 is 2.29 bits per heavy atom. The molecule has 0 bridgehead atoms. The van der Waals surface area contributed by atoms with Gasteiger partial charge >= 0.3 is 0 Å². The monoisotopic (exact) mass is 291 g/mol. The van der Waals surface area contributed by atoms with Crippen LogP contribution in [0.1, 0.15) is 6.92 Å². The van der Waals surface area contributed by atoms with Gasteiger partial charge in [0.1, 0.15) is 0 Å². The maximum atomic E-state index is 11.7. The molecule has 0 saturated carbocycles. The molecular formula is C10H7Cl2NO3S. The Bertz CT molecular complexity index is 637. The summed E-state index contributed by atoms with van der Waals surface area (Å²) in [6, 6.07) is 4.21. The van der Waals surface area contributed by atoms with E-state index < -0.39 is 15.9 Å². The predicted molar refractivity (Wildman–Crippen MR) is 66.6 cm³/mol. The summed E-state index contributed by atoms with van der Waals surface area (Å²) < 4.78 is 24.2.